The average Bonchev–Trinajstić information content (AvgIpc) is 2.44. The Kier molecular flexibility index (Phi) is 5.31. The Morgan fingerprint density at radius 2 is 2.05 bits per heavy atom. The van der Waals surface area contributed by atoms with Crippen LogP contribution in [-0.4, -0.2) is 10.5 Å². The zero-order chi connectivity index (χ0) is 15.4. The van der Waals surface area contributed by atoms with Crippen molar-refractivity contribution in [2.75, 3.05) is 0 Å². The fourth-order valence-corrected chi connectivity index (χ4v) is 2.39. The van der Waals surface area contributed by atoms with Crippen molar-refractivity contribution in [3.8, 4) is 0 Å². The van der Waals surface area contributed by atoms with Crippen molar-refractivity contribution in [3.63, 3.8) is 0 Å². The molecule has 0 N–H and O–H groups in total. The van der Waals surface area contributed by atoms with Gasteiger partial charge in [-0.1, -0.05) is 27.4 Å². The Bertz CT molecular complexity index is 584. The SMILES string of the molecule is C=C(C)c1cc2c(c(=O)n1C)COC(=O)C2CC.CC. The lowest BCUT2D eigenvalue weighted by Crippen LogP contribution is -2.32. The minimum atomic E-state index is -0.333. The third kappa shape index (κ3) is 2.69. The number of carbonyl (C=O) groups is 1. The van der Waals surface area contributed by atoms with E-state index in [1.807, 2.05) is 33.8 Å². The molecule has 0 aliphatic carbocycles. The van der Waals surface area contributed by atoms with E-state index in [1.165, 1.54) is 0 Å². The van der Waals surface area contributed by atoms with Crippen LogP contribution < -0.4 is 5.56 Å². The maximum atomic E-state index is 12.2. The standard InChI is InChI=1S/C14H17NO3.C2H6/c1-5-9-10-6-12(8(2)3)15(4)13(16)11(10)7-18-14(9)17;1-2/h6,9H,2,5,7H2,1,3-4H3;1-2H3. The van der Waals surface area contributed by atoms with E-state index in [9.17, 15) is 9.59 Å². The first-order chi connectivity index (χ1) is 9.47. The van der Waals surface area contributed by atoms with Gasteiger partial charge in [0, 0.05) is 12.7 Å². The molecular weight excluding hydrogens is 254 g/mol. The lowest BCUT2D eigenvalue weighted by Gasteiger charge is -2.25. The molecule has 1 aromatic heterocycles. The molecule has 0 saturated heterocycles. The fourth-order valence-electron chi connectivity index (χ4n) is 2.39. The fraction of sp³-hybridized carbons (Fsp3) is 0.500. The highest BCUT2D eigenvalue weighted by Gasteiger charge is 2.30. The van der Waals surface area contributed by atoms with E-state index in [1.54, 1.807) is 11.6 Å². The Morgan fingerprint density at radius 1 is 1.45 bits per heavy atom. The molecule has 1 atom stereocenters. The maximum absolute atomic E-state index is 12.2. The highest BCUT2D eigenvalue weighted by molar-refractivity contribution is 5.80. The third-order valence-electron chi connectivity index (χ3n) is 3.43. The summed E-state index contributed by atoms with van der Waals surface area (Å²) >= 11 is 0. The summed E-state index contributed by atoms with van der Waals surface area (Å²) in [6, 6.07) is 1.90. The highest BCUT2D eigenvalue weighted by Crippen LogP contribution is 2.29. The Balaban J connectivity index is 0.000000956. The second-order valence-electron chi connectivity index (χ2n) is 4.68. The molecule has 1 unspecified atom stereocenters. The topological polar surface area (TPSA) is 48.3 Å². The van der Waals surface area contributed by atoms with E-state index >= 15 is 0 Å². The lowest BCUT2D eigenvalue weighted by atomic mass is 9.90. The number of esters is 1. The molecule has 2 rings (SSSR count). The van der Waals surface area contributed by atoms with Crippen molar-refractivity contribution in [3.05, 3.63) is 39.8 Å². The van der Waals surface area contributed by atoms with Gasteiger partial charge in [0.2, 0.25) is 0 Å². The van der Waals surface area contributed by atoms with Crippen LogP contribution in [0.3, 0.4) is 0 Å². The van der Waals surface area contributed by atoms with Crippen LogP contribution >= 0.6 is 0 Å². The van der Waals surface area contributed by atoms with Crippen LogP contribution in [0.1, 0.15) is 56.9 Å². The van der Waals surface area contributed by atoms with Gasteiger partial charge < -0.3 is 9.30 Å². The van der Waals surface area contributed by atoms with Crippen molar-refractivity contribution >= 4 is 11.5 Å². The van der Waals surface area contributed by atoms with Crippen LogP contribution in [0.15, 0.2) is 17.4 Å². The summed E-state index contributed by atoms with van der Waals surface area (Å²) in [5, 5.41) is 0. The minimum absolute atomic E-state index is 0.0772. The van der Waals surface area contributed by atoms with Gasteiger partial charge in [-0.3, -0.25) is 9.59 Å². The zero-order valence-electron chi connectivity index (χ0n) is 12.9. The van der Waals surface area contributed by atoms with Crippen LogP contribution in [0.25, 0.3) is 5.57 Å². The number of cyclic esters (lactones) is 1. The number of nitrogens with zero attached hydrogens (tertiary/aromatic N) is 1. The van der Waals surface area contributed by atoms with Crippen molar-refractivity contribution < 1.29 is 9.53 Å². The average molecular weight is 277 g/mol. The van der Waals surface area contributed by atoms with Crippen LogP contribution in [0, 0.1) is 0 Å². The summed E-state index contributed by atoms with van der Waals surface area (Å²) in [4.78, 5) is 23.9. The molecule has 0 fully saturated rings. The number of pyridine rings is 1. The quantitative estimate of drug-likeness (QED) is 0.781. The highest BCUT2D eigenvalue weighted by atomic mass is 16.5. The van der Waals surface area contributed by atoms with E-state index in [-0.39, 0.29) is 24.1 Å². The number of carbonyl (C=O) groups excluding carboxylic acids is 1. The van der Waals surface area contributed by atoms with Gasteiger partial charge in [0.15, 0.2) is 0 Å². The molecule has 0 bridgehead atoms. The molecule has 4 heteroatoms. The van der Waals surface area contributed by atoms with Crippen molar-refractivity contribution in [2.45, 2.75) is 46.6 Å². The molecule has 1 aliphatic heterocycles. The summed E-state index contributed by atoms with van der Waals surface area (Å²) in [6.45, 7) is 11.7. The summed E-state index contributed by atoms with van der Waals surface area (Å²) in [7, 11) is 1.71. The van der Waals surface area contributed by atoms with Gasteiger partial charge in [0.25, 0.3) is 5.56 Å². The first-order valence-corrected chi connectivity index (χ1v) is 7.02. The molecule has 1 aliphatic rings. The first-order valence-electron chi connectivity index (χ1n) is 7.02. The monoisotopic (exact) mass is 277 g/mol. The van der Waals surface area contributed by atoms with Crippen LogP contribution in [0.5, 0.6) is 0 Å². The summed E-state index contributed by atoms with van der Waals surface area (Å²) in [5.41, 5.74) is 2.87. The molecule has 20 heavy (non-hydrogen) atoms. The molecule has 2 heterocycles. The molecule has 0 spiro atoms. The van der Waals surface area contributed by atoms with E-state index in [0.717, 1.165) is 16.8 Å². The Morgan fingerprint density at radius 3 is 2.55 bits per heavy atom. The van der Waals surface area contributed by atoms with Crippen LogP contribution in [0.4, 0.5) is 0 Å². The maximum Gasteiger partial charge on any atom is 0.313 e. The number of hydrogen-bond donors (Lipinski definition) is 0. The second-order valence-corrected chi connectivity index (χ2v) is 4.68. The summed E-state index contributed by atoms with van der Waals surface area (Å²) in [6.07, 6.45) is 0.634. The molecule has 110 valence electrons. The molecule has 0 amide bonds. The Labute approximate surface area is 120 Å². The zero-order valence-corrected chi connectivity index (χ0v) is 12.9. The minimum Gasteiger partial charge on any atom is -0.460 e. The van der Waals surface area contributed by atoms with Gasteiger partial charge in [0.05, 0.1) is 11.5 Å². The van der Waals surface area contributed by atoms with Gasteiger partial charge >= 0.3 is 5.97 Å². The second kappa shape index (κ2) is 6.55. The molecular formula is C16H23NO3. The smallest absolute Gasteiger partial charge is 0.313 e. The molecule has 4 nitrogen and oxygen atoms in total. The van der Waals surface area contributed by atoms with Gasteiger partial charge in [0.1, 0.15) is 6.61 Å². The molecule has 0 radical (unpaired) electrons. The van der Waals surface area contributed by atoms with Gasteiger partial charge in [-0.2, -0.15) is 0 Å². The molecule has 0 aromatic carbocycles. The number of ether oxygens (including phenoxy) is 1. The van der Waals surface area contributed by atoms with E-state index in [0.29, 0.717) is 12.0 Å². The number of fused-ring (bicyclic) bond motifs is 1. The summed E-state index contributed by atoms with van der Waals surface area (Å²) in [5.74, 6) is -0.577. The lowest BCUT2D eigenvalue weighted by molar-refractivity contribution is -0.148. The van der Waals surface area contributed by atoms with E-state index in [2.05, 4.69) is 6.58 Å². The normalized spacial score (nSPS) is 16.6. The van der Waals surface area contributed by atoms with Gasteiger partial charge in [-0.15, -0.1) is 0 Å². The first kappa shape index (κ1) is 16.2. The van der Waals surface area contributed by atoms with Crippen molar-refractivity contribution in [1.29, 1.82) is 0 Å². The number of aromatic nitrogens is 1. The number of allylic oxidation sites excluding steroid dienone is 1. The number of hydrogen-bond acceptors (Lipinski definition) is 3. The molecule has 0 saturated carbocycles. The van der Waals surface area contributed by atoms with E-state index in [4.69, 9.17) is 4.74 Å². The van der Waals surface area contributed by atoms with Crippen molar-refractivity contribution in [1.82, 2.24) is 4.57 Å². The molecule has 1 aromatic rings. The predicted octanol–water partition coefficient (Wildman–Crippen LogP) is 3.00. The third-order valence-corrected chi connectivity index (χ3v) is 3.43. The largest absolute Gasteiger partial charge is 0.460 e. The van der Waals surface area contributed by atoms with Crippen LogP contribution in [-0.2, 0) is 23.2 Å². The van der Waals surface area contributed by atoms with Gasteiger partial charge in [-0.25, -0.2) is 0 Å². The van der Waals surface area contributed by atoms with Crippen molar-refractivity contribution in [2.24, 2.45) is 7.05 Å². The van der Waals surface area contributed by atoms with Crippen LogP contribution in [0.2, 0.25) is 0 Å². The van der Waals surface area contributed by atoms with Gasteiger partial charge in [-0.05, 0) is 30.5 Å². The predicted molar refractivity (Wildman–Crippen MR) is 80.6 cm³/mol. The summed E-state index contributed by atoms with van der Waals surface area (Å²) < 4.78 is 6.63. The number of rotatable bonds is 2. The Hall–Kier alpha value is -1.84. The van der Waals surface area contributed by atoms with E-state index < -0.39 is 0 Å².